The minimum Gasteiger partial charge on any atom is -0.409 e. The Morgan fingerprint density at radius 3 is 3.00 bits per heavy atom. The number of hydrogen-bond acceptors (Lipinski definition) is 3. The SMILES string of the molecule is NC(=NO)c1cc(F)ccc1Cn1ccnc1. The van der Waals surface area contributed by atoms with Crippen molar-refractivity contribution in [3.8, 4) is 0 Å². The van der Waals surface area contributed by atoms with Crippen molar-refractivity contribution in [1.29, 1.82) is 0 Å². The molecule has 0 saturated heterocycles. The molecule has 0 aliphatic carbocycles. The fourth-order valence-corrected chi connectivity index (χ4v) is 1.56. The number of nitrogens with zero attached hydrogens (tertiary/aromatic N) is 3. The smallest absolute Gasteiger partial charge is 0.170 e. The van der Waals surface area contributed by atoms with E-state index in [1.54, 1.807) is 29.4 Å². The summed E-state index contributed by atoms with van der Waals surface area (Å²) >= 11 is 0. The first-order valence-electron chi connectivity index (χ1n) is 4.93. The molecule has 0 spiro atoms. The van der Waals surface area contributed by atoms with Gasteiger partial charge in [-0.25, -0.2) is 9.37 Å². The van der Waals surface area contributed by atoms with Gasteiger partial charge in [0.1, 0.15) is 5.82 Å². The lowest BCUT2D eigenvalue weighted by atomic mass is 10.1. The van der Waals surface area contributed by atoms with Gasteiger partial charge in [0.05, 0.1) is 6.33 Å². The maximum Gasteiger partial charge on any atom is 0.170 e. The summed E-state index contributed by atoms with van der Waals surface area (Å²) in [4.78, 5) is 3.91. The van der Waals surface area contributed by atoms with Crippen LogP contribution in [0.3, 0.4) is 0 Å². The molecule has 0 saturated carbocycles. The number of halogens is 1. The topological polar surface area (TPSA) is 76.4 Å². The average Bonchev–Trinajstić information content (AvgIpc) is 2.83. The van der Waals surface area contributed by atoms with Crippen molar-refractivity contribution in [1.82, 2.24) is 9.55 Å². The normalized spacial score (nSPS) is 11.7. The summed E-state index contributed by atoms with van der Waals surface area (Å²) < 4.78 is 14.9. The Morgan fingerprint density at radius 2 is 2.35 bits per heavy atom. The van der Waals surface area contributed by atoms with Gasteiger partial charge in [0.15, 0.2) is 5.84 Å². The maximum atomic E-state index is 13.1. The van der Waals surface area contributed by atoms with Gasteiger partial charge in [-0.05, 0) is 17.7 Å². The van der Waals surface area contributed by atoms with Crippen LogP contribution in [0.25, 0.3) is 0 Å². The predicted molar refractivity (Wildman–Crippen MR) is 60.2 cm³/mol. The van der Waals surface area contributed by atoms with Crippen LogP contribution in [-0.2, 0) is 6.54 Å². The minimum atomic E-state index is -0.430. The van der Waals surface area contributed by atoms with Crippen molar-refractivity contribution in [3.63, 3.8) is 0 Å². The summed E-state index contributed by atoms with van der Waals surface area (Å²) in [6.45, 7) is 0.478. The van der Waals surface area contributed by atoms with Gasteiger partial charge in [-0.1, -0.05) is 11.2 Å². The van der Waals surface area contributed by atoms with Crippen molar-refractivity contribution in [3.05, 3.63) is 53.9 Å². The Morgan fingerprint density at radius 1 is 1.53 bits per heavy atom. The lowest BCUT2D eigenvalue weighted by Gasteiger charge is -2.09. The molecular weight excluding hydrogens is 223 g/mol. The van der Waals surface area contributed by atoms with Gasteiger partial charge in [-0.2, -0.15) is 0 Å². The van der Waals surface area contributed by atoms with Gasteiger partial charge in [0.25, 0.3) is 0 Å². The highest BCUT2D eigenvalue weighted by Crippen LogP contribution is 2.13. The summed E-state index contributed by atoms with van der Waals surface area (Å²) in [5.74, 6) is -0.541. The second-order valence-electron chi connectivity index (χ2n) is 3.52. The molecule has 2 rings (SSSR count). The molecule has 88 valence electrons. The molecule has 1 aromatic carbocycles. The molecule has 0 fully saturated rings. The lowest BCUT2D eigenvalue weighted by molar-refractivity contribution is 0.318. The molecule has 0 unspecified atom stereocenters. The Balaban J connectivity index is 2.39. The third-order valence-electron chi connectivity index (χ3n) is 2.37. The predicted octanol–water partition coefficient (Wildman–Crippen LogP) is 1.17. The zero-order valence-electron chi connectivity index (χ0n) is 8.92. The first-order valence-corrected chi connectivity index (χ1v) is 4.93. The van der Waals surface area contributed by atoms with E-state index < -0.39 is 5.82 Å². The quantitative estimate of drug-likeness (QED) is 0.362. The van der Waals surface area contributed by atoms with Crippen LogP contribution in [-0.4, -0.2) is 20.6 Å². The van der Waals surface area contributed by atoms with Crippen molar-refractivity contribution in [2.75, 3.05) is 0 Å². The summed E-state index contributed by atoms with van der Waals surface area (Å²) in [5, 5.41) is 11.5. The monoisotopic (exact) mass is 234 g/mol. The third kappa shape index (κ3) is 2.41. The van der Waals surface area contributed by atoms with Crippen molar-refractivity contribution >= 4 is 5.84 Å². The molecular formula is C11H11FN4O. The molecule has 0 amide bonds. The van der Waals surface area contributed by atoms with Crippen molar-refractivity contribution in [2.24, 2.45) is 10.9 Å². The standard InChI is InChI=1S/C11H11FN4O/c12-9-2-1-8(6-16-4-3-14-7-16)10(5-9)11(13)15-17/h1-5,7,17H,6H2,(H2,13,15). The third-order valence-corrected chi connectivity index (χ3v) is 2.37. The highest BCUT2D eigenvalue weighted by atomic mass is 19.1. The minimum absolute atomic E-state index is 0.111. The second kappa shape index (κ2) is 4.65. The largest absolute Gasteiger partial charge is 0.409 e. The number of oxime groups is 1. The first-order chi connectivity index (χ1) is 8.20. The van der Waals surface area contributed by atoms with E-state index in [0.29, 0.717) is 12.1 Å². The Labute approximate surface area is 97.0 Å². The molecule has 0 bridgehead atoms. The van der Waals surface area contributed by atoms with Gasteiger partial charge in [-0.15, -0.1) is 0 Å². The number of imidazole rings is 1. The van der Waals surface area contributed by atoms with Gasteiger partial charge >= 0.3 is 0 Å². The highest BCUT2D eigenvalue weighted by Gasteiger charge is 2.09. The molecule has 0 atom stereocenters. The molecule has 17 heavy (non-hydrogen) atoms. The van der Waals surface area contributed by atoms with Crippen molar-refractivity contribution < 1.29 is 9.60 Å². The summed E-state index contributed by atoms with van der Waals surface area (Å²) in [7, 11) is 0. The van der Waals surface area contributed by atoms with Crippen LogP contribution in [0.5, 0.6) is 0 Å². The van der Waals surface area contributed by atoms with Gasteiger partial charge < -0.3 is 15.5 Å². The molecule has 1 aromatic heterocycles. The van der Waals surface area contributed by atoms with Gasteiger partial charge in [0, 0.05) is 24.5 Å². The van der Waals surface area contributed by atoms with E-state index in [9.17, 15) is 4.39 Å². The zero-order chi connectivity index (χ0) is 12.3. The second-order valence-corrected chi connectivity index (χ2v) is 3.52. The molecule has 6 heteroatoms. The highest BCUT2D eigenvalue weighted by molar-refractivity contribution is 5.98. The fraction of sp³-hybridized carbons (Fsp3) is 0.0909. The molecule has 5 nitrogen and oxygen atoms in total. The number of benzene rings is 1. The Kier molecular flexibility index (Phi) is 3.04. The van der Waals surface area contributed by atoms with E-state index >= 15 is 0 Å². The number of aromatic nitrogens is 2. The number of nitrogens with two attached hydrogens (primary N) is 1. The Hall–Kier alpha value is -2.37. The van der Waals surface area contributed by atoms with Crippen LogP contribution in [0.4, 0.5) is 4.39 Å². The van der Waals surface area contributed by atoms with E-state index in [1.165, 1.54) is 12.1 Å². The van der Waals surface area contributed by atoms with E-state index in [1.807, 2.05) is 0 Å². The summed E-state index contributed by atoms with van der Waals surface area (Å²) in [6.07, 6.45) is 5.06. The summed E-state index contributed by atoms with van der Waals surface area (Å²) in [6, 6.07) is 4.17. The van der Waals surface area contributed by atoms with Gasteiger partial charge in [-0.3, -0.25) is 0 Å². The van der Waals surface area contributed by atoms with E-state index in [-0.39, 0.29) is 5.84 Å². The van der Waals surface area contributed by atoms with E-state index in [2.05, 4.69) is 10.1 Å². The van der Waals surface area contributed by atoms with E-state index in [0.717, 1.165) is 5.56 Å². The van der Waals surface area contributed by atoms with E-state index in [4.69, 9.17) is 10.9 Å². The van der Waals surface area contributed by atoms with Gasteiger partial charge in [0.2, 0.25) is 0 Å². The van der Waals surface area contributed by atoms with Crippen LogP contribution in [0.1, 0.15) is 11.1 Å². The molecule has 2 aromatic rings. The molecule has 0 aliphatic rings. The first kappa shape index (κ1) is 11.1. The molecule has 1 heterocycles. The fourth-order valence-electron chi connectivity index (χ4n) is 1.56. The lowest BCUT2D eigenvalue weighted by Crippen LogP contribution is -2.17. The molecule has 0 radical (unpaired) electrons. The van der Waals surface area contributed by atoms with Crippen molar-refractivity contribution in [2.45, 2.75) is 6.54 Å². The van der Waals surface area contributed by atoms with Crippen LogP contribution >= 0.6 is 0 Å². The maximum absolute atomic E-state index is 13.1. The van der Waals surface area contributed by atoms with Crippen LogP contribution in [0, 0.1) is 5.82 Å². The number of hydrogen-bond donors (Lipinski definition) is 2. The molecule has 0 aliphatic heterocycles. The average molecular weight is 234 g/mol. The van der Waals surface area contributed by atoms with Crippen LogP contribution in [0.15, 0.2) is 42.1 Å². The molecule has 3 N–H and O–H groups in total. The number of amidine groups is 1. The van der Waals surface area contributed by atoms with Crippen LogP contribution in [0.2, 0.25) is 0 Å². The number of rotatable bonds is 3. The summed E-state index contributed by atoms with van der Waals surface area (Å²) in [5.41, 5.74) is 6.63. The Bertz CT molecular complexity index is 536. The van der Waals surface area contributed by atoms with Crippen LogP contribution < -0.4 is 5.73 Å². The zero-order valence-corrected chi connectivity index (χ0v) is 8.92.